The second-order valence-electron chi connectivity index (χ2n) is 5.35. The topological polar surface area (TPSA) is 35.6 Å². The second-order valence-corrected chi connectivity index (χ2v) is 6.01. The van der Waals surface area contributed by atoms with Crippen LogP contribution in [0.25, 0.3) is 16.9 Å². The standard InChI is InChI=1S/C16H19ClN4/c1-5-13-14-16(20(4)19-13)21(15(18-14)11(3)17)12-8-6-10(2)7-9-12/h6-9,11H,5H2,1-4H3. The predicted molar refractivity (Wildman–Crippen MR) is 86.2 cm³/mol. The molecule has 0 amide bonds. The molecule has 5 heteroatoms. The molecule has 21 heavy (non-hydrogen) atoms. The van der Waals surface area contributed by atoms with Crippen molar-refractivity contribution >= 4 is 22.8 Å². The second kappa shape index (κ2) is 5.19. The Bertz CT molecular complexity index is 781. The first-order chi connectivity index (χ1) is 10.0. The maximum Gasteiger partial charge on any atom is 0.163 e. The zero-order valence-electron chi connectivity index (χ0n) is 12.8. The van der Waals surface area contributed by atoms with Crippen LogP contribution in [0.3, 0.4) is 0 Å². The van der Waals surface area contributed by atoms with Crippen LogP contribution >= 0.6 is 11.6 Å². The highest BCUT2D eigenvalue weighted by Crippen LogP contribution is 2.29. The molecule has 1 atom stereocenters. The summed E-state index contributed by atoms with van der Waals surface area (Å²) in [6.45, 7) is 6.13. The zero-order valence-corrected chi connectivity index (χ0v) is 13.5. The van der Waals surface area contributed by atoms with E-state index in [1.807, 2.05) is 18.7 Å². The highest BCUT2D eigenvalue weighted by atomic mass is 35.5. The monoisotopic (exact) mass is 302 g/mol. The summed E-state index contributed by atoms with van der Waals surface area (Å²) in [4.78, 5) is 4.75. The summed E-state index contributed by atoms with van der Waals surface area (Å²) in [5.41, 5.74) is 5.25. The van der Waals surface area contributed by atoms with Crippen molar-refractivity contribution in [3.05, 3.63) is 41.3 Å². The lowest BCUT2D eigenvalue weighted by molar-refractivity contribution is 0.738. The van der Waals surface area contributed by atoms with Crippen molar-refractivity contribution in [1.82, 2.24) is 19.3 Å². The summed E-state index contributed by atoms with van der Waals surface area (Å²) < 4.78 is 4.00. The fourth-order valence-corrected chi connectivity index (χ4v) is 2.80. The van der Waals surface area contributed by atoms with Crippen molar-refractivity contribution < 1.29 is 0 Å². The van der Waals surface area contributed by atoms with Crippen LogP contribution in [0.5, 0.6) is 0 Å². The van der Waals surface area contributed by atoms with E-state index in [-0.39, 0.29) is 5.38 Å². The minimum atomic E-state index is -0.164. The molecule has 0 bridgehead atoms. The van der Waals surface area contributed by atoms with Gasteiger partial charge in [0.25, 0.3) is 0 Å². The van der Waals surface area contributed by atoms with E-state index in [0.29, 0.717) is 0 Å². The molecule has 4 nitrogen and oxygen atoms in total. The molecule has 0 saturated heterocycles. The number of aryl methyl sites for hydroxylation is 3. The van der Waals surface area contributed by atoms with Crippen molar-refractivity contribution in [3.8, 4) is 5.69 Å². The summed E-state index contributed by atoms with van der Waals surface area (Å²) >= 11 is 6.35. The molecule has 0 saturated carbocycles. The van der Waals surface area contributed by atoms with Crippen LogP contribution < -0.4 is 0 Å². The van der Waals surface area contributed by atoms with Crippen LogP contribution in [0, 0.1) is 6.92 Å². The van der Waals surface area contributed by atoms with Gasteiger partial charge in [0.1, 0.15) is 11.3 Å². The van der Waals surface area contributed by atoms with Crippen molar-refractivity contribution in [2.75, 3.05) is 0 Å². The van der Waals surface area contributed by atoms with Gasteiger partial charge in [0.2, 0.25) is 0 Å². The first-order valence-corrected chi connectivity index (χ1v) is 7.62. The van der Waals surface area contributed by atoms with Crippen LogP contribution in [0.15, 0.2) is 24.3 Å². The number of aromatic nitrogens is 4. The van der Waals surface area contributed by atoms with Gasteiger partial charge in [0, 0.05) is 12.7 Å². The maximum atomic E-state index is 6.35. The highest BCUT2D eigenvalue weighted by molar-refractivity contribution is 6.20. The maximum absolute atomic E-state index is 6.35. The lowest BCUT2D eigenvalue weighted by Gasteiger charge is -2.11. The minimum absolute atomic E-state index is 0.164. The molecule has 2 aromatic heterocycles. The number of fused-ring (bicyclic) bond motifs is 1. The van der Waals surface area contributed by atoms with Crippen LogP contribution in [-0.4, -0.2) is 19.3 Å². The first-order valence-electron chi connectivity index (χ1n) is 7.18. The largest absolute Gasteiger partial charge is 0.280 e. The Morgan fingerprint density at radius 1 is 1.24 bits per heavy atom. The third-order valence-electron chi connectivity index (χ3n) is 3.71. The van der Waals surface area contributed by atoms with E-state index in [0.717, 1.165) is 34.8 Å². The molecular weight excluding hydrogens is 284 g/mol. The van der Waals surface area contributed by atoms with Gasteiger partial charge in [-0.3, -0.25) is 4.57 Å². The van der Waals surface area contributed by atoms with E-state index >= 15 is 0 Å². The third-order valence-corrected chi connectivity index (χ3v) is 3.91. The average Bonchev–Trinajstić information content (AvgIpc) is 2.98. The minimum Gasteiger partial charge on any atom is -0.280 e. The van der Waals surface area contributed by atoms with Crippen LogP contribution in [0.1, 0.15) is 36.3 Å². The number of imidazole rings is 1. The average molecular weight is 303 g/mol. The Kier molecular flexibility index (Phi) is 3.49. The molecule has 1 unspecified atom stereocenters. The van der Waals surface area contributed by atoms with E-state index in [2.05, 4.69) is 47.8 Å². The number of hydrogen-bond donors (Lipinski definition) is 0. The molecule has 2 heterocycles. The van der Waals surface area contributed by atoms with Crippen molar-refractivity contribution in [2.24, 2.45) is 7.05 Å². The molecule has 0 fully saturated rings. The van der Waals surface area contributed by atoms with Gasteiger partial charge < -0.3 is 0 Å². The molecule has 0 spiro atoms. The molecule has 0 N–H and O–H groups in total. The van der Waals surface area contributed by atoms with Gasteiger partial charge in [-0.1, -0.05) is 24.6 Å². The number of alkyl halides is 1. The van der Waals surface area contributed by atoms with Gasteiger partial charge in [-0.2, -0.15) is 5.10 Å². The summed E-state index contributed by atoms with van der Waals surface area (Å²) in [5, 5.41) is 4.40. The Morgan fingerprint density at radius 2 is 1.90 bits per heavy atom. The first kappa shape index (κ1) is 14.1. The van der Waals surface area contributed by atoms with E-state index in [1.54, 1.807) is 0 Å². The van der Waals surface area contributed by atoms with E-state index < -0.39 is 0 Å². The van der Waals surface area contributed by atoms with Gasteiger partial charge in [0.05, 0.1) is 11.1 Å². The molecular formula is C16H19ClN4. The van der Waals surface area contributed by atoms with E-state index in [1.165, 1.54) is 5.56 Å². The molecule has 0 aliphatic heterocycles. The van der Waals surface area contributed by atoms with Crippen molar-refractivity contribution in [3.63, 3.8) is 0 Å². The Hall–Kier alpha value is -1.81. The summed E-state index contributed by atoms with van der Waals surface area (Å²) in [6.07, 6.45) is 0.859. The molecule has 3 rings (SSSR count). The Labute approximate surface area is 129 Å². The number of benzene rings is 1. The smallest absolute Gasteiger partial charge is 0.163 e. The number of halogens is 1. The van der Waals surface area contributed by atoms with Gasteiger partial charge in [-0.25, -0.2) is 9.67 Å². The Balaban J connectivity index is 2.35. The summed E-state index contributed by atoms with van der Waals surface area (Å²) in [5.74, 6) is 0.859. The molecule has 110 valence electrons. The lowest BCUT2D eigenvalue weighted by atomic mass is 10.2. The molecule has 0 radical (unpaired) electrons. The third kappa shape index (κ3) is 2.23. The fourth-order valence-electron chi connectivity index (χ4n) is 2.65. The van der Waals surface area contributed by atoms with Crippen molar-refractivity contribution in [2.45, 2.75) is 32.6 Å². The zero-order chi connectivity index (χ0) is 15.1. The fraction of sp³-hybridized carbons (Fsp3) is 0.375. The predicted octanol–water partition coefficient (Wildman–Crippen LogP) is 3.93. The molecule has 1 aromatic carbocycles. The summed E-state index contributed by atoms with van der Waals surface area (Å²) in [6, 6.07) is 8.39. The lowest BCUT2D eigenvalue weighted by Crippen LogP contribution is -2.06. The number of rotatable bonds is 3. The van der Waals surface area contributed by atoms with Gasteiger partial charge in [-0.15, -0.1) is 11.6 Å². The van der Waals surface area contributed by atoms with E-state index in [4.69, 9.17) is 16.6 Å². The van der Waals surface area contributed by atoms with Crippen LogP contribution in [0.4, 0.5) is 0 Å². The SMILES string of the molecule is CCc1nn(C)c2c1nc(C(C)Cl)n2-c1ccc(C)cc1. The van der Waals surface area contributed by atoms with Gasteiger partial charge in [-0.05, 0) is 32.4 Å². The van der Waals surface area contributed by atoms with Gasteiger partial charge in [0.15, 0.2) is 5.65 Å². The molecule has 0 aliphatic carbocycles. The van der Waals surface area contributed by atoms with Crippen LogP contribution in [-0.2, 0) is 13.5 Å². The number of hydrogen-bond acceptors (Lipinski definition) is 2. The van der Waals surface area contributed by atoms with Crippen LogP contribution in [0.2, 0.25) is 0 Å². The molecule has 3 aromatic rings. The molecule has 0 aliphatic rings. The van der Waals surface area contributed by atoms with Gasteiger partial charge >= 0.3 is 0 Å². The summed E-state index contributed by atoms with van der Waals surface area (Å²) in [7, 11) is 1.95. The quantitative estimate of drug-likeness (QED) is 0.687. The van der Waals surface area contributed by atoms with Crippen molar-refractivity contribution in [1.29, 1.82) is 0 Å². The number of nitrogens with zero attached hydrogens (tertiary/aromatic N) is 4. The highest BCUT2D eigenvalue weighted by Gasteiger charge is 2.21. The van der Waals surface area contributed by atoms with E-state index in [9.17, 15) is 0 Å². The Morgan fingerprint density at radius 3 is 2.48 bits per heavy atom. The normalized spacial score (nSPS) is 13.0.